The van der Waals surface area contributed by atoms with E-state index in [-0.39, 0.29) is 12.3 Å². The van der Waals surface area contributed by atoms with E-state index in [9.17, 15) is 19.5 Å². The van der Waals surface area contributed by atoms with Crippen molar-refractivity contribution in [3.63, 3.8) is 0 Å². The minimum Gasteiger partial charge on any atom is -0.390 e. The number of aliphatic hydroxyl groups is 1. The number of carbonyl (C=O) groups is 3. The third-order valence-corrected chi connectivity index (χ3v) is 3.99. The molecule has 2 N–H and O–H groups in total. The Hall–Kier alpha value is -2.99. The maximum absolute atomic E-state index is 12.3. The summed E-state index contributed by atoms with van der Waals surface area (Å²) in [5.41, 5.74) is 1.14. The van der Waals surface area contributed by atoms with Crippen molar-refractivity contribution in [2.24, 2.45) is 5.92 Å². The standard InChI is InChI=1S/C21H23NO5/c1-14(2)18(22-19(24)16-11-7-4-8-12-16)21(26)27-20(25)17(23)13-15-9-5-3-6-10-15/h3-12,14,17-18,23H,13H2,1-2H3,(H,22,24). The Morgan fingerprint density at radius 3 is 2.04 bits per heavy atom. The van der Waals surface area contributed by atoms with Gasteiger partial charge in [-0.15, -0.1) is 0 Å². The second-order valence-corrected chi connectivity index (χ2v) is 6.51. The van der Waals surface area contributed by atoms with Crippen molar-refractivity contribution in [3.05, 3.63) is 71.8 Å². The molecule has 0 saturated carbocycles. The van der Waals surface area contributed by atoms with E-state index in [1.807, 2.05) is 6.07 Å². The molecule has 2 aromatic carbocycles. The van der Waals surface area contributed by atoms with Crippen LogP contribution < -0.4 is 5.32 Å². The minimum absolute atomic E-state index is 0.0374. The number of rotatable bonds is 7. The van der Waals surface area contributed by atoms with E-state index < -0.39 is 30.0 Å². The number of benzene rings is 2. The Morgan fingerprint density at radius 1 is 0.926 bits per heavy atom. The number of amides is 1. The minimum atomic E-state index is -1.46. The van der Waals surface area contributed by atoms with Gasteiger partial charge in [-0.1, -0.05) is 62.4 Å². The van der Waals surface area contributed by atoms with Crippen molar-refractivity contribution in [2.75, 3.05) is 0 Å². The van der Waals surface area contributed by atoms with Crippen LogP contribution in [0.2, 0.25) is 0 Å². The van der Waals surface area contributed by atoms with Gasteiger partial charge in [0.05, 0.1) is 0 Å². The summed E-state index contributed by atoms with van der Waals surface area (Å²) in [6.07, 6.45) is -1.43. The van der Waals surface area contributed by atoms with Crippen molar-refractivity contribution in [1.29, 1.82) is 0 Å². The number of carbonyl (C=O) groups excluding carboxylic acids is 3. The molecule has 0 saturated heterocycles. The number of hydrogen-bond acceptors (Lipinski definition) is 5. The molecule has 142 valence electrons. The van der Waals surface area contributed by atoms with Gasteiger partial charge in [0.15, 0.2) is 6.10 Å². The summed E-state index contributed by atoms with van der Waals surface area (Å²) in [5.74, 6) is -2.68. The van der Waals surface area contributed by atoms with E-state index in [2.05, 4.69) is 5.32 Å². The van der Waals surface area contributed by atoms with Crippen LogP contribution in [-0.4, -0.2) is 35.1 Å². The summed E-state index contributed by atoms with van der Waals surface area (Å²) in [7, 11) is 0. The molecule has 0 fully saturated rings. The average Bonchev–Trinajstić information content (AvgIpc) is 2.66. The molecule has 0 bridgehead atoms. The molecule has 0 aliphatic rings. The van der Waals surface area contributed by atoms with Crippen LogP contribution in [0, 0.1) is 5.92 Å². The number of esters is 2. The van der Waals surface area contributed by atoms with E-state index >= 15 is 0 Å². The molecule has 0 heterocycles. The molecular formula is C21H23NO5. The van der Waals surface area contributed by atoms with Gasteiger partial charge < -0.3 is 15.2 Å². The second kappa shape index (κ2) is 9.64. The van der Waals surface area contributed by atoms with Crippen LogP contribution in [0.3, 0.4) is 0 Å². The molecule has 0 aliphatic carbocycles. The molecule has 0 radical (unpaired) electrons. The molecule has 0 aromatic heterocycles. The predicted molar refractivity (Wildman–Crippen MR) is 99.8 cm³/mol. The highest BCUT2D eigenvalue weighted by atomic mass is 16.6. The Morgan fingerprint density at radius 2 is 1.48 bits per heavy atom. The summed E-state index contributed by atoms with van der Waals surface area (Å²) in [4.78, 5) is 36.7. The molecule has 2 atom stereocenters. The lowest BCUT2D eigenvalue weighted by Crippen LogP contribution is -2.46. The Labute approximate surface area is 158 Å². The van der Waals surface area contributed by atoms with E-state index in [1.54, 1.807) is 68.4 Å². The van der Waals surface area contributed by atoms with Crippen molar-refractivity contribution >= 4 is 17.8 Å². The third kappa shape index (κ3) is 6.04. The Kier molecular flexibility index (Phi) is 7.25. The zero-order valence-electron chi connectivity index (χ0n) is 15.3. The molecule has 2 aromatic rings. The van der Waals surface area contributed by atoms with Crippen molar-refractivity contribution in [1.82, 2.24) is 5.32 Å². The maximum atomic E-state index is 12.3. The van der Waals surface area contributed by atoms with Gasteiger partial charge >= 0.3 is 11.9 Å². The van der Waals surface area contributed by atoms with Crippen LogP contribution in [0.15, 0.2) is 60.7 Å². The van der Waals surface area contributed by atoms with Crippen LogP contribution >= 0.6 is 0 Å². The number of nitrogens with one attached hydrogen (secondary N) is 1. The van der Waals surface area contributed by atoms with Gasteiger partial charge in [0, 0.05) is 12.0 Å². The van der Waals surface area contributed by atoms with Gasteiger partial charge in [-0.05, 0) is 23.6 Å². The first-order valence-electron chi connectivity index (χ1n) is 8.72. The third-order valence-electron chi connectivity index (χ3n) is 3.99. The fraction of sp³-hybridized carbons (Fsp3) is 0.286. The highest BCUT2D eigenvalue weighted by Gasteiger charge is 2.30. The lowest BCUT2D eigenvalue weighted by atomic mass is 10.0. The first-order chi connectivity index (χ1) is 12.9. The highest BCUT2D eigenvalue weighted by Crippen LogP contribution is 2.09. The van der Waals surface area contributed by atoms with Gasteiger partial charge in [-0.25, -0.2) is 9.59 Å². The summed E-state index contributed by atoms with van der Waals surface area (Å²) >= 11 is 0. The van der Waals surface area contributed by atoms with E-state index in [4.69, 9.17) is 4.74 Å². The highest BCUT2D eigenvalue weighted by molar-refractivity contribution is 5.98. The van der Waals surface area contributed by atoms with E-state index in [0.29, 0.717) is 5.56 Å². The largest absolute Gasteiger partial charge is 0.390 e. The number of aliphatic hydroxyl groups excluding tert-OH is 1. The van der Waals surface area contributed by atoms with Crippen molar-refractivity contribution in [2.45, 2.75) is 32.4 Å². The first kappa shape index (κ1) is 20.3. The smallest absolute Gasteiger partial charge is 0.342 e. The van der Waals surface area contributed by atoms with Gasteiger partial charge in [-0.2, -0.15) is 0 Å². The molecule has 0 spiro atoms. The van der Waals surface area contributed by atoms with E-state index in [1.165, 1.54) is 0 Å². The number of hydrogen-bond donors (Lipinski definition) is 2. The zero-order valence-corrected chi connectivity index (χ0v) is 15.3. The fourth-order valence-electron chi connectivity index (χ4n) is 2.46. The summed E-state index contributed by atoms with van der Waals surface area (Å²) in [5, 5.41) is 12.6. The molecule has 2 unspecified atom stereocenters. The molecule has 6 heteroatoms. The zero-order chi connectivity index (χ0) is 19.8. The second-order valence-electron chi connectivity index (χ2n) is 6.51. The quantitative estimate of drug-likeness (QED) is 0.576. The average molecular weight is 369 g/mol. The van der Waals surface area contributed by atoms with Gasteiger partial charge in [0.1, 0.15) is 6.04 Å². The lowest BCUT2D eigenvalue weighted by molar-refractivity contribution is -0.167. The molecule has 6 nitrogen and oxygen atoms in total. The van der Waals surface area contributed by atoms with Crippen molar-refractivity contribution in [3.8, 4) is 0 Å². The summed E-state index contributed by atoms with van der Waals surface area (Å²) in [6.45, 7) is 3.45. The van der Waals surface area contributed by atoms with Gasteiger partial charge in [0.2, 0.25) is 0 Å². The maximum Gasteiger partial charge on any atom is 0.342 e. The lowest BCUT2D eigenvalue weighted by Gasteiger charge is -2.21. The monoisotopic (exact) mass is 369 g/mol. The molecule has 2 rings (SSSR count). The molecule has 0 aliphatic heterocycles. The topological polar surface area (TPSA) is 92.7 Å². The van der Waals surface area contributed by atoms with E-state index in [0.717, 1.165) is 5.56 Å². The van der Waals surface area contributed by atoms with Crippen LogP contribution in [0.25, 0.3) is 0 Å². The Bertz CT molecular complexity index is 774. The van der Waals surface area contributed by atoms with Gasteiger partial charge in [0.25, 0.3) is 5.91 Å². The summed E-state index contributed by atoms with van der Waals surface area (Å²) in [6, 6.07) is 16.3. The van der Waals surface area contributed by atoms with Crippen LogP contribution in [0.5, 0.6) is 0 Å². The van der Waals surface area contributed by atoms with Crippen molar-refractivity contribution < 1.29 is 24.2 Å². The molecule has 1 amide bonds. The normalized spacial score (nSPS) is 12.9. The first-order valence-corrected chi connectivity index (χ1v) is 8.72. The number of ether oxygens (including phenoxy) is 1. The van der Waals surface area contributed by atoms with Crippen LogP contribution in [0.4, 0.5) is 0 Å². The fourth-order valence-corrected chi connectivity index (χ4v) is 2.46. The van der Waals surface area contributed by atoms with Crippen LogP contribution in [0.1, 0.15) is 29.8 Å². The predicted octanol–water partition coefficient (Wildman–Crippen LogP) is 2.11. The Balaban J connectivity index is 1.97. The summed E-state index contributed by atoms with van der Waals surface area (Å²) < 4.78 is 4.80. The molecular weight excluding hydrogens is 346 g/mol. The van der Waals surface area contributed by atoms with Crippen LogP contribution in [-0.2, 0) is 20.7 Å². The SMILES string of the molecule is CC(C)C(NC(=O)c1ccccc1)C(=O)OC(=O)C(O)Cc1ccccc1. The van der Waals surface area contributed by atoms with Gasteiger partial charge in [-0.3, -0.25) is 4.79 Å². The molecule has 27 heavy (non-hydrogen) atoms.